The highest BCUT2D eigenvalue weighted by atomic mass is 32.2. The Bertz CT molecular complexity index is 431. The van der Waals surface area contributed by atoms with Gasteiger partial charge in [0.2, 0.25) is 5.91 Å². The number of nitrogens with two attached hydrogens (primary N) is 1. The van der Waals surface area contributed by atoms with Gasteiger partial charge in [0.15, 0.2) is 0 Å². The molecule has 1 rings (SSSR count). The van der Waals surface area contributed by atoms with Crippen molar-refractivity contribution in [2.45, 2.75) is 25.2 Å². The largest absolute Gasteiger partial charge is 0.497 e. The van der Waals surface area contributed by atoms with Gasteiger partial charge in [-0.25, -0.2) is 0 Å². The second-order valence-corrected chi connectivity index (χ2v) is 5.30. The van der Waals surface area contributed by atoms with E-state index in [0.29, 0.717) is 5.75 Å². The van der Waals surface area contributed by atoms with Crippen LogP contribution in [0.4, 0.5) is 0 Å². The van der Waals surface area contributed by atoms with Crippen LogP contribution in [-0.4, -0.2) is 30.8 Å². The van der Waals surface area contributed by atoms with E-state index >= 15 is 0 Å². The number of amides is 1. The van der Waals surface area contributed by atoms with E-state index in [1.807, 2.05) is 24.3 Å². The lowest BCUT2D eigenvalue weighted by Crippen LogP contribution is -2.26. The number of esters is 1. The Kier molecular flexibility index (Phi) is 6.93. The summed E-state index contributed by atoms with van der Waals surface area (Å²) in [5, 5.41) is 0. The maximum absolute atomic E-state index is 10.9. The monoisotopic (exact) mass is 297 g/mol. The van der Waals surface area contributed by atoms with Crippen LogP contribution in [0, 0.1) is 0 Å². The average molecular weight is 297 g/mol. The zero-order chi connectivity index (χ0) is 15.0. The average Bonchev–Trinajstić information content (AvgIpc) is 2.38. The summed E-state index contributed by atoms with van der Waals surface area (Å²) >= 11 is 1.59. The molecule has 1 unspecified atom stereocenters. The van der Waals surface area contributed by atoms with Gasteiger partial charge in [0.1, 0.15) is 11.9 Å². The first-order valence-electron chi connectivity index (χ1n) is 6.17. The summed E-state index contributed by atoms with van der Waals surface area (Å²) in [7, 11) is 1.62. The summed E-state index contributed by atoms with van der Waals surface area (Å²) < 4.78 is 10.1. The van der Waals surface area contributed by atoms with Gasteiger partial charge in [-0.15, -0.1) is 0 Å². The molecule has 1 atom stereocenters. The van der Waals surface area contributed by atoms with Crippen LogP contribution in [0.5, 0.6) is 5.75 Å². The van der Waals surface area contributed by atoms with Gasteiger partial charge in [-0.3, -0.25) is 9.59 Å². The van der Waals surface area contributed by atoms with Crippen molar-refractivity contribution in [3.63, 3.8) is 0 Å². The zero-order valence-corrected chi connectivity index (χ0v) is 12.4. The van der Waals surface area contributed by atoms with Crippen LogP contribution < -0.4 is 10.5 Å². The van der Waals surface area contributed by atoms with Crippen molar-refractivity contribution in [3.8, 4) is 5.75 Å². The van der Waals surface area contributed by atoms with Crippen molar-refractivity contribution < 1.29 is 19.1 Å². The third-order valence-corrected chi connectivity index (χ3v) is 3.64. The molecule has 20 heavy (non-hydrogen) atoms. The van der Waals surface area contributed by atoms with E-state index in [1.165, 1.54) is 6.92 Å². The minimum Gasteiger partial charge on any atom is -0.497 e. The van der Waals surface area contributed by atoms with Crippen molar-refractivity contribution in [2.24, 2.45) is 5.73 Å². The summed E-state index contributed by atoms with van der Waals surface area (Å²) in [4.78, 5) is 21.8. The first-order chi connectivity index (χ1) is 9.51. The lowest BCUT2D eigenvalue weighted by atomic mass is 10.2. The second kappa shape index (κ2) is 8.47. The molecule has 0 radical (unpaired) electrons. The second-order valence-electron chi connectivity index (χ2n) is 4.27. The van der Waals surface area contributed by atoms with Crippen LogP contribution in [0.1, 0.15) is 18.9 Å². The molecule has 0 fully saturated rings. The van der Waals surface area contributed by atoms with E-state index in [-0.39, 0.29) is 6.42 Å². The molecule has 1 amide bonds. The molecule has 0 bridgehead atoms. The lowest BCUT2D eigenvalue weighted by Gasteiger charge is -2.15. The van der Waals surface area contributed by atoms with E-state index < -0.39 is 18.0 Å². The summed E-state index contributed by atoms with van der Waals surface area (Å²) in [5.74, 6) is 1.24. The van der Waals surface area contributed by atoms with Crippen LogP contribution in [-0.2, 0) is 20.1 Å². The predicted octanol–water partition coefficient (Wildman–Crippen LogP) is 1.74. The standard InChI is InChI=1S/C14H19NO4S/c1-10(16)19-13(7-14(15)17)9-20-8-11-3-5-12(18-2)6-4-11/h3-6,13H,7-9H2,1-2H3,(H2,15,17). The minimum atomic E-state index is -0.471. The molecular weight excluding hydrogens is 278 g/mol. The van der Waals surface area contributed by atoms with Gasteiger partial charge in [0.25, 0.3) is 0 Å². The third kappa shape index (κ3) is 6.47. The Morgan fingerprint density at radius 1 is 1.30 bits per heavy atom. The number of primary amides is 1. The Morgan fingerprint density at radius 3 is 2.45 bits per heavy atom. The number of hydrogen-bond donors (Lipinski definition) is 1. The molecule has 0 aromatic heterocycles. The van der Waals surface area contributed by atoms with Gasteiger partial charge in [-0.1, -0.05) is 12.1 Å². The molecular formula is C14H19NO4S. The Balaban J connectivity index is 2.41. The fraction of sp³-hybridized carbons (Fsp3) is 0.429. The molecule has 5 nitrogen and oxygen atoms in total. The summed E-state index contributed by atoms with van der Waals surface area (Å²) in [6.07, 6.45) is -0.414. The number of methoxy groups -OCH3 is 1. The third-order valence-electron chi connectivity index (χ3n) is 2.49. The maximum atomic E-state index is 10.9. The summed E-state index contributed by atoms with van der Waals surface area (Å²) in [6, 6.07) is 7.73. The number of carbonyl (C=O) groups is 2. The van der Waals surface area contributed by atoms with Gasteiger partial charge in [0, 0.05) is 18.4 Å². The lowest BCUT2D eigenvalue weighted by molar-refractivity contribution is -0.146. The number of benzene rings is 1. The fourth-order valence-corrected chi connectivity index (χ4v) is 2.62. The normalized spacial score (nSPS) is 11.7. The highest BCUT2D eigenvalue weighted by Crippen LogP contribution is 2.18. The van der Waals surface area contributed by atoms with E-state index in [1.54, 1.807) is 18.9 Å². The molecule has 0 saturated carbocycles. The molecule has 6 heteroatoms. The molecule has 0 aliphatic rings. The van der Waals surface area contributed by atoms with Crippen LogP contribution in [0.3, 0.4) is 0 Å². The van der Waals surface area contributed by atoms with Gasteiger partial charge in [0.05, 0.1) is 13.5 Å². The highest BCUT2D eigenvalue weighted by Gasteiger charge is 2.15. The van der Waals surface area contributed by atoms with Crippen LogP contribution in [0.2, 0.25) is 0 Å². The molecule has 0 heterocycles. The molecule has 2 N–H and O–H groups in total. The maximum Gasteiger partial charge on any atom is 0.302 e. The minimum absolute atomic E-state index is 0.0508. The first kappa shape index (κ1) is 16.4. The van der Waals surface area contributed by atoms with Crippen LogP contribution in [0.15, 0.2) is 24.3 Å². The number of carbonyl (C=O) groups excluding carboxylic acids is 2. The van der Waals surface area contributed by atoms with Crippen molar-refractivity contribution in [3.05, 3.63) is 29.8 Å². The predicted molar refractivity (Wildman–Crippen MR) is 78.5 cm³/mol. The molecule has 0 saturated heterocycles. The number of hydrogen-bond acceptors (Lipinski definition) is 5. The highest BCUT2D eigenvalue weighted by molar-refractivity contribution is 7.98. The molecule has 0 aliphatic carbocycles. The quantitative estimate of drug-likeness (QED) is 0.739. The van der Waals surface area contributed by atoms with Gasteiger partial charge >= 0.3 is 5.97 Å². The van der Waals surface area contributed by atoms with Crippen molar-refractivity contribution >= 4 is 23.6 Å². The molecule has 0 spiro atoms. The first-order valence-corrected chi connectivity index (χ1v) is 7.33. The number of ether oxygens (including phenoxy) is 2. The van der Waals surface area contributed by atoms with E-state index in [0.717, 1.165) is 17.1 Å². The van der Waals surface area contributed by atoms with Crippen LogP contribution in [0.25, 0.3) is 0 Å². The van der Waals surface area contributed by atoms with Gasteiger partial charge in [-0.05, 0) is 17.7 Å². The van der Waals surface area contributed by atoms with Crippen molar-refractivity contribution in [1.82, 2.24) is 0 Å². The number of thioether (sulfide) groups is 1. The van der Waals surface area contributed by atoms with Crippen molar-refractivity contribution in [1.29, 1.82) is 0 Å². The van der Waals surface area contributed by atoms with Crippen LogP contribution >= 0.6 is 11.8 Å². The van der Waals surface area contributed by atoms with Gasteiger partial charge < -0.3 is 15.2 Å². The van der Waals surface area contributed by atoms with E-state index in [9.17, 15) is 9.59 Å². The Hall–Kier alpha value is -1.69. The van der Waals surface area contributed by atoms with Crippen molar-refractivity contribution in [2.75, 3.05) is 12.9 Å². The van der Waals surface area contributed by atoms with E-state index in [2.05, 4.69) is 0 Å². The Labute approximate surface area is 122 Å². The molecule has 1 aromatic rings. The molecule has 1 aromatic carbocycles. The summed E-state index contributed by atoms with van der Waals surface area (Å²) in [6.45, 7) is 1.32. The smallest absolute Gasteiger partial charge is 0.302 e. The Morgan fingerprint density at radius 2 is 1.95 bits per heavy atom. The fourth-order valence-electron chi connectivity index (χ4n) is 1.62. The molecule has 110 valence electrons. The topological polar surface area (TPSA) is 78.6 Å². The van der Waals surface area contributed by atoms with Gasteiger partial charge in [-0.2, -0.15) is 11.8 Å². The summed E-state index contributed by atoms with van der Waals surface area (Å²) in [5.41, 5.74) is 6.27. The van der Waals surface area contributed by atoms with E-state index in [4.69, 9.17) is 15.2 Å². The molecule has 0 aliphatic heterocycles. The number of rotatable bonds is 8. The zero-order valence-electron chi connectivity index (χ0n) is 11.6. The SMILES string of the molecule is COc1ccc(CSCC(CC(N)=O)OC(C)=O)cc1.